The van der Waals surface area contributed by atoms with Crippen LogP contribution >= 0.6 is 11.3 Å². The molecule has 3 heterocycles. The first kappa shape index (κ1) is 31.6. The number of pyridine rings is 1. The van der Waals surface area contributed by atoms with Crippen LogP contribution in [0.15, 0.2) is 36.4 Å². The second-order valence-electron chi connectivity index (χ2n) is 9.81. The van der Waals surface area contributed by atoms with Gasteiger partial charge in [0.25, 0.3) is 17.7 Å². The number of likely N-dealkylation sites (N-methyl/N-ethyl adjacent to an activating group) is 1. The van der Waals surface area contributed by atoms with Crippen molar-refractivity contribution in [3.8, 4) is 10.4 Å². The molecular formula is C30H39FN4O3S. The van der Waals surface area contributed by atoms with Gasteiger partial charge in [0.15, 0.2) is 0 Å². The molecular weight excluding hydrogens is 515 g/mol. The first-order valence-corrected chi connectivity index (χ1v) is 13.9. The van der Waals surface area contributed by atoms with E-state index in [2.05, 4.69) is 24.1 Å². The van der Waals surface area contributed by atoms with Crippen LogP contribution < -0.4 is 11.1 Å². The zero-order chi connectivity index (χ0) is 29.3. The predicted molar refractivity (Wildman–Crippen MR) is 156 cm³/mol. The summed E-state index contributed by atoms with van der Waals surface area (Å²) in [5.74, 6) is -0.918. The van der Waals surface area contributed by atoms with Crippen molar-refractivity contribution in [1.82, 2.24) is 15.2 Å². The fraction of sp³-hybridized carbons (Fsp3) is 0.400. The molecule has 210 valence electrons. The molecule has 3 N–H and O–H groups in total. The van der Waals surface area contributed by atoms with Crippen molar-refractivity contribution >= 4 is 29.1 Å². The molecule has 0 saturated carbocycles. The molecule has 0 bridgehead atoms. The third-order valence-corrected chi connectivity index (χ3v) is 6.86. The number of nitrogens with two attached hydrogens (primary N) is 1. The number of primary amides is 1. The number of aryl methyl sites for hydroxylation is 1. The largest absolute Gasteiger partial charge is 0.366 e. The van der Waals surface area contributed by atoms with E-state index in [1.54, 1.807) is 43.3 Å². The van der Waals surface area contributed by atoms with E-state index in [4.69, 9.17) is 5.73 Å². The van der Waals surface area contributed by atoms with Crippen LogP contribution in [0.2, 0.25) is 0 Å². The van der Waals surface area contributed by atoms with Crippen molar-refractivity contribution in [1.29, 1.82) is 0 Å². The number of hydrogen-bond donors (Lipinski definition) is 2. The summed E-state index contributed by atoms with van der Waals surface area (Å²) in [6, 6.07) is 9.85. The van der Waals surface area contributed by atoms with E-state index in [1.165, 1.54) is 29.9 Å². The highest BCUT2D eigenvalue weighted by atomic mass is 32.1. The Morgan fingerprint density at radius 1 is 1.13 bits per heavy atom. The molecule has 1 aliphatic heterocycles. The summed E-state index contributed by atoms with van der Waals surface area (Å²) in [5, 5.41) is 2.59. The summed E-state index contributed by atoms with van der Waals surface area (Å²) < 4.78 is 12.1. The second-order valence-corrected chi connectivity index (χ2v) is 10.9. The van der Waals surface area contributed by atoms with E-state index in [-0.39, 0.29) is 29.1 Å². The van der Waals surface area contributed by atoms with Crippen LogP contribution in [0.25, 0.3) is 10.4 Å². The van der Waals surface area contributed by atoms with Crippen LogP contribution in [0.3, 0.4) is 0 Å². The van der Waals surface area contributed by atoms with E-state index in [1.807, 2.05) is 20.8 Å². The molecule has 39 heavy (non-hydrogen) atoms. The number of carbonyl (C=O) groups is 3. The van der Waals surface area contributed by atoms with Crippen molar-refractivity contribution in [2.75, 3.05) is 20.6 Å². The number of hydrogen-bond acceptors (Lipinski definition) is 5. The van der Waals surface area contributed by atoms with E-state index >= 15 is 0 Å². The Labute approximate surface area is 234 Å². The highest BCUT2D eigenvalue weighted by molar-refractivity contribution is 7.17. The SMILES string of the molecule is CCC.CNC(=O)c1ccc(-c2c(C(N)=O)c(CC(C)C)nc3c2C(=O)N(C)CC3)s1.Cc1ccc(F)cc1. The average molecular weight is 555 g/mol. The monoisotopic (exact) mass is 554 g/mol. The van der Waals surface area contributed by atoms with Crippen LogP contribution in [0.4, 0.5) is 4.39 Å². The molecule has 1 aromatic carbocycles. The van der Waals surface area contributed by atoms with Gasteiger partial charge in [-0.15, -0.1) is 11.3 Å². The van der Waals surface area contributed by atoms with Gasteiger partial charge in [-0.3, -0.25) is 19.4 Å². The molecule has 3 aromatic rings. The van der Waals surface area contributed by atoms with Crippen molar-refractivity contribution in [3.05, 3.63) is 75.2 Å². The molecule has 0 fully saturated rings. The number of amides is 3. The third kappa shape index (κ3) is 8.20. The lowest BCUT2D eigenvalue weighted by Gasteiger charge is -2.28. The zero-order valence-electron chi connectivity index (χ0n) is 23.9. The lowest BCUT2D eigenvalue weighted by atomic mass is 9.90. The van der Waals surface area contributed by atoms with Crippen LogP contribution in [0.5, 0.6) is 0 Å². The van der Waals surface area contributed by atoms with Gasteiger partial charge in [0.2, 0.25) is 0 Å². The van der Waals surface area contributed by atoms with Crippen LogP contribution in [0.1, 0.15) is 81.5 Å². The number of aromatic nitrogens is 1. The molecule has 0 unspecified atom stereocenters. The predicted octanol–water partition coefficient (Wildman–Crippen LogP) is 5.65. The summed E-state index contributed by atoms with van der Waals surface area (Å²) in [4.78, 5) is 44.9. The van der Waals surface area contributed by atoms with Crippen molar-refractivity contribution in [3.63, 3.8) is 0 Å². The number of benzene rings is 1. The quantitative estimate of drug-likeness (QED) is 0.425. The molecule has 2 aromatic heterocycles. The second kappa shape index (κ2) is 14.5. The van der Waals surface area contributed by atoms with Crippen LogP contribution in [0, 0.1) is 18.7 Å². The number of carbonyl (C=O) groups excluding carboxylic acids is 3. The van der Waals surface area contributed by atoms with Gasteiger partial charge in [0.1, 0.15) is 5.82 Å². The lowest BCUT2D eigenvalue weighted by molar-refractivity contribution is 0.0779. The molecule has 0 aliphatic carbocycles. The highest BCUT2D eigenvalue weighted by Crippen LogP contribution is 2.38. The topological polar surface area (TPSA) is 105 Å². The molecule has 3 amide bonds. The Hall–Kier alpha value is -3.59. The van der Waals surface area contributed by atoms with E-state index in [9.17, 15) is 18.8 Å². The Balaban J connectivity index is 0.000000405. The number of nitrogens with zero attached hydrogens (tertiary/aromatic N) is 2. The molecule has 1 aliphatic rings. The number of halogens is 1. The summed E-state index contributed by atoms with van der Waals surface area (Å²) in [7, 11) is 3.29. The molecule has 0 spiro atoms. The van der Waals surface area contributed by atoms with Gasteiger partial charge in [-0.1, -0.05) is 51.8 Å². The maximum Gasteiger partial charge on any atom is 0.261 e. The first-order valence-electron chi connectivity index (χ1n) is 13.1. The molecule has 0 atom stereocenters. The van der Waals surface area contributed by atoms with Gasteiger partial charge in [-0.2, -0.15) is 0 Å². The minimum absolute atomic E-state index is 0.171. The number of thiophene rings is 1. The molecule has 9 heteroatoms. The number of nitrogens with one attached hydrogen (secondary N) is 1. The average Bonchev–Trinajstić information content (AvgIpc) is 3.37. The minimum Gasteiger partial charge on any atom is -0.366 e. The third-order valence-electron chi connectivity index (χ3n) is 5.75. The number of fused-ring (bicyclic) bond motifs is 1. The summed E-state index contributed by atoms with van der Waals surface area (Å²) in [6.07, 6.45) is 2.44. The van der Waals surface area contributed by atoms with E-state index in [0.29, 0.717) is 51.7 Å². The summed E-state index contributed by atoms with van der Waals surface area (Å²) in [6.45, 7) is 10.8. The van der Waals surface area contributed by atoms with E-state index < -0.39 is 5.91 Å². The van der Waals surface area contributed by atoms with Gasteiger partial charge in [0.05, 0.1) is 27.4 Å². The maximum atomic E-state index is 13.0. The van der Waals surface area contributed by atoms with Gasteiger partial charge in [0, 0.05) is 37.5 Å². The van der Waals surface area contributed by atoms with Crippen molar-refractivity contribution < 1.29 is 18.8 Å². The maximum absolute atomic E-state index is 13.0. The fourth-order valence-corrected chi connectivity index (χ4v) is 4.97. The van der Waals surface area contributed by atoms with Crippen molar-refractivity contribution in [2.45, 2.75) is 53.9 Å². The first-order chi connectivity index (χ1) is 18.4. The Bertz CT molecular complexity index is 1280. The van der Waals surface area contributed by atoms with Gasteiger partial charge in [-0.05, 0) is 43.5 Å². The molecule has 7 nitrogen and oxygen atoms in total. The summed E-state index contributed by atoms with van der Waals surface area (Å²) >= 11 is 1.24. The Kier molecular flexibility index (Phi) is 11.8. The summed E-state index contributed by atoms with van der Waals surface area (Å²) in [5.41, 5.74) is 9.35. The van der Waals surface area contributed by atoms with Crippen LogP contribution in [-0.4, -0.2) is 48.2 Å². The fourth-order valence-electron chi connectivity index (χ4n) is 3.96. The van der Waals surface area contributed by atoms with Crippen LogP contribution in [-0.2, 0) is 12.8 Å². The highest BCUT2D eigenvalue weighted by Gasteiger charge is 2.32. The van der Waals surface area contributed by atoms with Gasteiger partial charge < -0.3 is 16.0 Å². The van der Waals surface area contributed by atoms with Crippen molar-refractivity contribution in [2.24, 2.45) is 11.7 Å². The molecule has 4 rings (SSSR count). The lowest BCUT2D eigenvalue weighted by Crippen LogP contribution is -2.36. The standard InChI is InChI=1S/C20H24N4O3S.C7H7F.C3H8/c1-10(2)9-12-15(18(21)25)17(13-5-6-14(28-13)19(26)22-3)16-11(23-12)7-8-24(4)20(16)27;1-6-2-4-7(8)5-3-6;1-3-2/h5-6,10H,7-9H2,1-4H3,(H2,21,25)(H,22,26);2-5H,1H3;3H2,1-2H3. The normalized spacial score (nSPS) is 12.1. The van der Waals surface area contributed by atoms with Gasteiger partial charge >= 0.3 is 0 Å². The van der Waals surface area contributed by atoms with Gasteiger partial charge in [-0.25, -0.2) is 4.39 Å². The van der Waals surface area contributed by atoms with E-state index in [0.717, 1.165) is 5.56 Å². The Morgan fingerprint density at radius 3 is 2.26 bits per heavy atom. The number of rotatable bonds is 5. The zero-order valence-corrected chi connectivity index (χ0v) is 24.7. The molecule has 0 saturated heterocycles. The Morgan fingerprint density at radius 2 is 1.74 bits per heavy atom. The smallest absolute Gasteiger partial charge is 0.261 e. The molecule has 0 radical (unpaired) electrons. The minimum atomic E-state index is -0.614.